The number of nitrogens with two attached hydrogens (primary N) is 1. The van der Waals surface area contributed by atoms with Crippen LogP contribution < -0.4 is 11.1 Å². The number of amides is 1. The summed E-state index contributed by atoms with van der Waals surface area (Å²) in [7, 11) is 0. The van der Waals surface area contributed by atoms with Gasteiger partial charge < -0.3 is 11.1 Å². The van der Waals surface area contributed by atoms with Crippen LogP contribution in [0.25, 0.3) is 0 Å². The number of likely N-dealkylation sites (tertiary alicyclic amines) is 1. The Balaban J connectivity index is 1.58. The first-order chi connectivity index (χ1) is 11.7. The third-order valence-electron chi connectivity index (χ3n) is 4.62. The quantitative estimate of drug-likeness (QED) is 0.832. The third kappa shape index (κ3) is 4.36. The van der Waals surface area contributed by atoms with Gasteiger partial charge in [0.1, 0.15) is 0 Å². The maximum atomic E-state index is 12.3. The number of hydrogen-bond acceptors (Lipinski definition) is 3. The van der Waals surface area contributed by atoms with Crippen LogP contribution >= 0.6 is 0 Å². The fourth-order valence-corrected chi connectivity index (χ4v) is 3.31. The summed E-state index contributed by atoms with van der Waals surface area (Å²) in [6, 6.07) is 18.0. The van der Waals surface area contributed by atoms with E-state index in [2.05, 4.69) is 34.5 Å². The fourth-order valence-electron chi connectivity index (χ4n) is 3.31. The first-order valence-corrected chi connectivity index (χ1v) is 8.64. The van der Waals surface area contributed by atoms with Gasteiger partial charge in [-0.2, -0.15) is 0 Å². The summed E-state index contributed by atoms with van der Waals surface area (Å²) in [4.78, 5) is 14.8. The van der Waals surface area contributed by atoms with E-state index in [1.54, 1.807) is 18.2 Å². The summed E-state index contributed by atoms with van der Waals surface area (Å²) < 4.78 is 0. The van der Waals surface area contributed by atoms with E-state index in [1.807, 2.05) is 12.1 Å². The van der Waals surface area contributed by atoms with Gasteiger partial charge in [-0.1, -0.05) is 42.8 Å². The molecule has 24 heavy (non-hydrogen) atoms. The number of anilines is 1. The second-order valence-electron chi connectivity index (χ2n) is 6.44. The van der Waals surface area contributed by atoms with E-state index in [1.165, 1.54) is 18.4 Å². The molecule has 1 amide bonds. The summed E-state index contributed by atoms with van der Waals surface area (Å²) in [5.41, 5.74) is 8.32. The molecule has 0 spiro atoms. The molecule has 0 radical (unpaired) electrons. The van der Waals surface area contributed by atoms with E-state index in [-0.39, 0.29) is 5.91 Å². The Labute approximate surface area is 143 Å². The van der Waals surface area contributed by atoms with E-state index < -0.39 is 0 Å². The van der Waals surface area contributed by atoms with Crippen molar-refractivity contribution in [2.75, 3.05) is 18.8 Å². The van der Waals surface area contributed by atoms with E-state index in [0.717, 1.165) is 19.5 Å². The van der Waals surface area contributed by atoms with Crippen LogP contribution in [-0.4, -0.2) is 29.9 Å². The van der Waals surface area contributed by atoms with Crippen molar-refractivity contribution in [3.63, 3.8) is 0 Å². The number of nitrogens with zero attached hydrogens (tertiary/aromatic N) is 1. The molecule has 1 aliphatic heterocycles. The Kier molecular flexibility index (Phi) is 5.49. The van der Waals surface area contributed by atoms with Gasteiger partial charge in [0.25, 0.3) is 5.91 Å². The average Bonchev–Trinajstić information content (AvgIpc) is 2.61. The highest BCUT2D eigenvalue weighted by atomic mass is 16.1. The molecule has 126 valence electrons. The Morgan fingerprint density at radius 3 is 2.75 bits per heavy atom. The van der Waals surface area contributed by atoms with E-state index in [0.29, 0.717) is 23.8 Å². The molecule has 1 atom stereocenters. The van der Waals surface area contributed by atoms with E-state index in [9.17, 15) is 4.79 Å². The van der Waals surface area contributed by atoms with Crippen LogP contribution in [0, 0.1) is 0 Å². The second kappa shape index (κ2) is 7.97. The van der Waals surface area contributed by atoms with Crippen molar-refractivity contribution >= 4 is 11.6 Å². The molecule has 0 aliphatic carbocycles. The zero-order valence-electron chi connectivity index (χ0n) is 13.9. The Bertz CT molecular complexity index is 672. The molecule has 1 unspecified atom stereocenters. The lowest BCUT2D eigenvalue weighted by Gasteiger charge is -2.36. The first kappa shape index (κ1) is 16.5. The van der Waals surface area contributed by atoms with Crippen molar-refractivity contribution < 1.29 is 4.79 Å². The number of carbonyl (C=O) groups is 1. The van der Waals surface area contributed by atoms with Gasteiger partial charge in [-0.25, -0.2) is 0 Å². The van der Waals surface area contributed by atoms with Crippen LogP contribution in [-0.2, 0) is 6.54 Å². The van der Waals surface area contributed by atoms with Crippen LogP contribution in [0.2, 0.25) is 0 Å². The molecule has 4 heteroatoms. The molecule has 3 N–H and O–H groups in total. The molecule has 4 nitrogen and oxygen atoms in total. The molecule has 0 aromatic heterocycles. The van der Waals surface area contributed by atoms with Gasteiger partial charge in [-0.3, -0.25) is 9.69 Å². The number of nitrogen functional groups attached to an aromatic ring is 1. The molecule has 1 saturated heterocycles. The summed E-state index contributed by atoms with van der Waals surface area (Å²) in [5, 5.41) is 3.08. The van der Waals surface area contributed by atoms with Gasteiger partial charge >= 0.3 is 0 Å². The zero-order valence-corrected chi connectivity index (χ0v) is 13.9. The molecule has 1 fully saturated rings. The smallest absolute Gasteiger partial charge is 0.251 e. The van der Waals surface area contributed by atoms with Gasteiger partial charge in [0, 0.05) is 30.4 Å². The van der Waals surface area contributed by atoms with E-state index >= 15 is 0 Å². The monoisotopic (exact) mass is 323 g/mol. The lowest BCUT2D eigenvalue weighted by molar-refractivity contribution is 0.0907. The first-order valence-electron chi connectivity index (χ1n) is 8.64. The number of rotatable bonds is 5. The normalized spacial score (nSPS) is 18.2. The summed E-state index contributed by atoms with van der Waals surface area (Å²) >= 11 is 0. The van der Waals surface area contributed by atoms with Crippen LogP contribution in [0.3, 0.4) is 0 Å². The molecule has 1 aliphatic rings. The minimum Gasteiger partial charge on any atom is -0.399 e. The van der Waals surface area contributed by atoms with Crippen LogP contribution in [0.4, 0.5) is 5.69 Å². The maximum absolute atomic E-state index is 12.3. The predicted octanol–water partition coefficient (Wildman–Crippen LogP) is 3.05. The topological polar surface area (TPSA) is 58.4 Å². The second-order valence-corrected chi connectivity index (χ2v) is 6.44. The molecule has 2 aromatic carbocycles. The summed E-state index contributed by atoms with van der Waals surface area (Å²) in [5.74, 6) is -0.0486. The van der Waals surface area contributed by atoms with Crippen molar-refractivity contribution in [2.45, 2.75) is 31.8 Å². The van der Waals surface area contributed by atoms with Crippen molar-refractivity contribution in [3.05, 3.63) is 65.7 Å². The van der Waals surface area contributed by atoms with Crippen molar-refractivity contribution in [2.24, 2.45) is 0 Å². The zero-order chi connectivity index (χ0) is 16.8. The molecule has 1 heterocycles. The molecule has 0 saturated carbocycles. The van der Waals surface area contributed by atoms with Crippen LogP contribution in [0.1, 0.15) is 35.2 Å². The van der Waals surface area contributed by atoms with Crippen LogP contribution in [0.5, 0.6) is 0 Å². The minimum absolute atomic E-state index is 0.0486. The lowest BCUT2D eigenvalue weighted by Crippen LogP contribution is -2.46. The largest absolute Gasteiger partial charge is 0.399 e. The SMILES string of the molecule is Nc1cccc(C(=O)NCC2CCCCN2Cc2ccccc2)c1. The fraction of sp³-hybridized carbons (Fsp3) is 0.350. The molecule has 3 rings (SSSR count). The van der Waals surface area contributed by atoms with Crippen molar-refractivity contribution in [1.29, 1.82) is 0 Å². The van der Waals surface area contributed by atoms with Gasteiger partial charge in [0.15, 0.2) is 0 Å². The number of carbonyl (C=O) groups excluding carboxylic acids is 1. The Morgan fingerprint density at radius 2 is 1.96 bits per heavy atom. The lowest BCUT2D eigenvalue weighted by atomic mass is 10.0. The van der Waals surface area contributed by atoms with Gasteiger partial charge in [-0.15, -0.1) is 0 Å². The maximum Gasteiger partial charge on any atom is 0.251 e. The highest BCUT2D eigenvalue weighted by Gasteiger charge is 2.23. The Hall–Kier alpha value is -2.33. The average molecular weight is 323 g/mol. The Morgan fingerprint density at radius 1 is 1.12 bits per heavy atom. The third-order valence-corrected chi connectivity index (χ3v) is 4.62. The number of piperidine rings is 1. The highest BCUT2D eigenvalue weighted by molar-refractivity contribution is 5.94. The molecule has 0 bridgehead atoms. The van der Waals surface area contributed by atoms with Crippen molar-refractivity contribution in [3.8, 4) is 0 Å². The molecular weight excluding hydrogens is 298 g/mol. The highest BCUT2D eigenvalue weighted by Crippen LogP contribution is 2.19. The molecule has 2 aromatic rings. The summed E-state index contributed by atoms with van der Waals surface area (Å²) in [6.07, 6.45) is 3.58. The van der Waals surface area contributed by atoms with Gasteiger partial charge in [-0.05, 0) is 43.1 Å². The van der Waals surface area contributed by atoms with E-state index in [4.69, 9.17) is 5.73 Å². The standard InChI is InChI=1S/C20H25N3O/c21-18-10-6-9-17(13-18)20(24)22-14-19-11-4-5-12-23(19)15-16-7-2-1-3-8-16/h1-3,6-10,13,19H,4-5,11-12,14-15,21H2,(H,22,24). The number of hydrogen-bond donors (Lipinski definition) is 2. The minimum atomic E-state index is -0.0486. The van der Waals surface area contributed by atoms with Gasteiger partial charge in [0.05, 0.1) is 0 Å². The van der Waals surface area contributed by atoms with Crippen molar-refractivity contribution in [1.82, 2.24) is 10.2 Å². The van der Waals surface area contributed by atoms with Gasteiger partial charge in [0.2, 0.25) is 0 Å². The summed E-state index contributed by atoms with van der Waals surface area (Å²) in [6.45, 7) is 2.72. The predicted molar refractivity (Wildman–Crippen MR) is 97.7 cm³/mol. The number of benzene rings is 2. The van der Waals surface area contributed by atoms with Crippen LogP contribution in [0.15, 0.2) is 54.6 Å². The number of nitrogens with one attached hydrogen (secondary N) is 1. The molecular formula is C20H25N3O.